The highest BCUT2D eigenvalue weighted by molar-refractivity contribution is 5.72. The van der Waals surface area contributed by atoms with Crippen molar-refractivity contribution in [3.05, 3.63) is 29.8 Å². The molecule has 17 heavy (non-hydrogen) atoms. The molecule has 1 rings (SSSR count). The highest BCUT2D eigenvalue weighted by Gasteiger charge is 2.11. The highest BCUT2D eigenvalue weighted by atomic mass is 16.5. The van der Waals surface area contributed by atoms with Crippen LogP contribution in [-0.2, 0) is 16.0 Å². The molecule has 94 valence electrons. The van der Waals surface area contributed by atoms with Crippen LogP contribution < -0.4 is 5.73 Å². The maximum Gasteiger partial charge on any atom is 0.310 e. The van der Waals surface area contributed by atoms with Crippen LogP contribution in [0.3, 0.4) is 0 Å². The number of rotatable bonds is 4. The molecule has 0 saturated carbocycles. The number of carbonyl (C=O) groups excluding carboxylic acids is 1. The molecule has 1 aromatic rings. The van der Waals surface area contributed by atoms with E-state index >= 15 is 0 Å². The molecule has 0 amide bonds. The van der Waals surface area contributed by atoms with E-state index in [2.05, 4.69) is 20.8 Å². The van der Waals surface area contributed by atoms with Gasteiger partial charge in [-0.25, -0.2) is 0 Å². The molecule has 0 aliphatic heterocycles. The summed E-state index contributed by atoms with van der Waals surface area (Å²) in [5.41, 5.74) is 7.40. The van der Waals surface area contributed by atoms with Crippen LogP contribution >= 0.6 is 0 Å². The number of nitrogens with two attached hydrogens (primary N) is 1. The first-order valence-corrected chi connectivity index (χ1v) is 5.87. The fourth-order valence-electron chi connectivity index (χ4n) is 1.32. The van der Waals surface area contributed by atoms with Gasteiger partial charge in [-0.15, -0.1) is 0 Å². The van der Waals surface area contributed by atoms with Gasteiger partial charge < -0.3 is 10.5 Å². The number of hydrogen-bond donors (Lipinski definition) is 1. The minimum Gasteiger partial charge on any atom is -0.465 e. The van der Waals surface area contributed by atoms with E-state index in [1.807, 2.05) is 12.1 Å². The lowest BCUT2D eigenvalue weighted by Gasteiger charge is -2.17. The van der Waals surface area contributed by atoms with Crippen LogP contribution in [0.1, 0.15) is 32.8 Å². The van der Waals surface area contributed by atoms with E-state index in [1.165, 1.54) is 0 Å². The lowest BCUT2D eigenvalue weighted by atomic mass is 9.93. The Morgan fingerprint density at radius 2 is 1.82 bits per heavy atom. The number of hydrogen-bond acceptors (Lipinski definition) is 3. The molecule has 3 nitrogen and oxygen atoms in total. The molecule has 0 aliphatic rings. The molecule has 0 aromatic heterocycles. The molecule has 3 heteroatoms. The Bertz CT molecular complexity index is 363. The first-order chi connectivity index (χ1) is 7.87. The van der Waals surface area contributed by atoms with Crippen molar-refractivity contribution in [3.63, 3.8) is 0 Å². The number of nitrogen functional groups attached to an aromatic ring is 1. The SMILES string of the molecule is CC(C)(C)CCOC(=O)Cc1ccc(N)cc1. The zero-order valence-electron chi connectivity index (χ0n) is 10.8. The average molecular weight is 235 g/mol. The third kappa shape index (κ3) is 5.95. The van der Waals surface area contributed by atoms with Crippen LogP contribution in [0, 0.1) is 5.41 Å². The van der Waals surface area contributed by atoms with Gasteiger partial charge in [0.05, 0.1) is 13.0 Å². The Morgan fingerprint density at radius 3 is 2.35 bits per heavy atom. The standard InChI is InChI=1S/C14H21NO2/c1-14(2,3)8-9-17-13(16)10-11-4-6-12(15)7-5-11/h4-7H,8-10,15H2,1-3H3. The van der Waals surface area contributed by atoms with Crippen molar-refractivity contribution in [1.29, 1.82) is 0 Å². The summed E-state index contributed by atoms with van der Waals surface area (Å²) >= 11 is 0. The Hall–Kier alpha value is -1.51. The summed E-state index contributed by atoms with van der Waals surface area (Å²) in [5.74, 6) is -0.181. The maximum atomic E-state index is 11.5. The minimum atomic E-state index is -0.181. The fourth-order valence-corrected chi connectivity index (χ4v) is 1.32. The highest BCUT2D eigenvalue weighted by Crippen LogP contribution is 2.18. The fraction of sp³-hybridized carbons (Fsp3) is 0.500. The molecule has 2 N–H and O–H groups in total. The molecule has 0 heterocycles. The predicted octanol–water partition coefficient (Wildman–Crippen LogP) is 2.79. The molecule has 0 saturated heterocycles. The quantitative estimate of drug-likeness (QED) is 0.645. The van der Waals surface area contributed by atoms with Gasteiger partial charge in [-0.05, 0) is 29.5 Å². The smallest absolute Gasteiger partial charge is 0.310 e. The van der Waals surface area contributed by atoms with Gasteiger partial charge in [0.15, 0.2) is 0 Å². The Labute approximate surface area is 103 Å². The second-order valence-electron chi connectivity index (χ2n) is 5.45. The van der Waals surface area contributed by atoms with Crippen molar-refractivity contribution in [2.45, 2.75) is 33.6 Å². The van der Waals surface area contributed by atoms with Gasteiger partial charge in [-0.1, -0.05) is 32.9 Å². The van der Waals surface area contributed by atoms with Crippen LogP contribution in [0.2, 0.25) is 0 Å². The molecular weight excluding hydrogens is 214 g/mol. The summed E-state index contributed by atoms with van der Waals surface area (Å²) < 4.78 is 5.18. The summed E-state index contributed by atoms with van der Waals surface area (Å²) in [6.07, 6.45) is 1.19. The molecule has 0 spiro atoms. The lowest BCUT2D eigenvalue weighted by Crippen LogP contribution is -2.14. The Morgan fingerprint density at radius 1 is 1.24 bits per heavy atom. The van der Waals surface area contributed by atoms with Gasteiger partial charge in [-0.3, -0.25) is 4.79 Å². The van der Waals surface area contributed by atoms with Crippen LogP contribution in [0.25, 0.3) is 0 Å². The number of benzene rings is 1. The van der Waals surface area contributed by atoms with E-state index in [4.69, 9.17) is 10.5 Å². The van der Waals surface area contributed by atoms with Crippen molar-refractivity contribution in [3.8, 4) is 0 Å². The molecule has 0 radical (unpaired) electrons. The van der Waals surface area contributed by atoms with Crippen LogP contribution in [0.4, 0.5) is 5.69 Å². The summed E-state index contributed by atoms with van der Waals surface area (Å²) in [6.45, 7) is 6.86. The second kappa shape index (κ2) is 5.71. The molecule has 1 aromatic carbocycles. The van der Waals surface area contributed by atoms with Crippen LogP contribution in [-0.4, -0.2) is 12.6 Å². The summed E-state index contributed by atoms with van der Waals surface area (Å²) in [6, 6.07) is 7.27. The number of anilines is 1. The lowest BCUT2D eigenvalue weighted by molar-refractivity contribution is -0.143. The van der Waals surface area contributed by atoms with E-state index < -0.39 is 0 Å². The minimum absolute atomic E-state index is 0.181. The van der Waals surface area contributed by atoms with Crippen LogP contribution in [0.15, 0.2) is 24.3 Å². The predicted molar refractivity (Wildman–Crippen MR) is 69.6 cm³/mol. The van der Waals surface area contributed by atoms with Gasteiger partial charge in [0.2, 0.25) is 0 Å². The molecule has 0 bridgehead atoms. The van der Waals surface area contributed by atoms with E-state index in [0.717, 1.165) is 12.0 Å². The monoisotopic (exact) mass is 235 g/mol. The van der Waals surface area contributed by atoms with Crippen molar-refractivity contribution in [2.24, 2.45) is 5.41 Å². The molecule has 0 unspecified atom stereocenters. The number of ether oxygens (including phenoxy) is 1. The third-order valence-corrected chi connectivity index (χ3v) is 2.44. The molecular formula is C14H21NO2. The van der Waals surface area contributed by atoms with Crippen molar-refractivity contribution >= 4 is 11.7 Å². The number of carbonyl (C=O) groups is 1. The Balaban J connectivity index is 2.32. The first-order valence-electron chi connectivity index (χ1n) is 5.87. The van der Waals surface area contributed by atoms with Gasteiger partial charge in [0.25, 0.3) is 0 Å². The first kappa shape index (κ1) is 13.6. The van der Waals surface area contributed by atoms with E-state index in [1.54, 1.807) is 12.1 Å². The van der Waals surface area contributed by atoms with Crippen molar-refractivity contribution in [2.75, 3.05) is 12.3 Å². The van der Waals surface area contributed by atoms with E-state index in [9.17, 15) is 4.79 Å². The molecule has 0 fully saturated rings. The van der Waals surface area contributed by atoms with Crippen molar-refractivity contribution < 1.29 is 9.53 Å². The van der Waals surface area contributed by atoms with Crippen LogP contribution in [0.5, 0.6) is 0 Å². The van der Waals surface area contributed by atoms with E-state index in [0.29, 0.717) is 18.7 Å². The summed E-state index contributed by atoms with van der Waals surface area (Å²) in [4.78, 5) is 11.5. The summed E-state index contributed by atoms with van der Waals surface area (Å²) in [7, 11) is 0. The van der Waals surface area contributed by atoms with Gasteiger partial charge in [-0.2, -0.15) is 0 Å². The van der Waals surface area contributed by atoms with Gasteiger partial charge in [0.1, 0.15) is 0 Å². The zero-order valence-corrected chi connectivity index (χ0v) is 10.8. The topological polar surface area (TPSA) is 52.3 Å². The third-order valence-electron chi connectivity index (χ3n) is 2.44. The second-order valence-corrected chi connectivity index (χ2v) is 5.45. The largest absolute Gasteiger partial charge is 0.465 e. The van der Waals surface area contributed by atoms with Gasteiger partial charge >= 0.3 is 5.97 Å². The molecule has 0 atom stereocenters. The summed E-state index contributed by atoms with van der Waals surface area (Å²) in [5, 5.41) is 0. The van der Waals surface area contributed by atoms with Gasteiger partial charge in [0, 0.05) is 5.69 Å². The number of esters is 1. The Kier molecular flexibility index (Phi) is 4.55. The van der Waals surface area contributed by atoms with Crippen molar-refractivity contribution in [1.82, 2.24) is 0 Å². The normalized spacial score (nSPS) is 11.2. The maximum absolute atomic E-state index is 11.5. The molecule has 0 aliphatic carbocycles. The van der Waals surface area contributed by atoms with E-state index in [-0.39, 0.29) is 11.4 Å². The average Bonchev–Trinajstić information content (AvgIpc) is 2.19. The zero-order chi connectivity index (χ0) is 12.9.